The smallest absolute Gasteiger partial charge is 0.375 e. The van der Waals surface area contributed by atoms with E-state index >= 15 is 0 Å². The predicted molar refractivity (Wildman–Crippen MR) is 91.3 cm³/mol. The Morgan fingerprint density at radius 1 is 1.19 bits per heavy atom. The summed E-state index contributed by atoms with van der Waals surface area (Å²) in [6.45, 7) is 2.89. The van der Waals surface area contributed by atoms with Crippen molar-refractivity contribution in [1.82, 2.24) is 14.8 Å². The van der Waals surface area contributed by atoms with Crippen LogP contribution < -0.4 is 4.74 Å². The van der Waals surface area contributed by atoms with E-state index in [2.05, 4.69) is 14.8 Å². The average molecular weight is 375 g/mol. The third-order valence-corrected chi connectivity index (χ3v) is 4.67. The van der Waals surface area contributed by atoms with Crippen molar-refractivity contribution in [2.24, 2.45) is 0 Å². The minimum atomic E-state index is -0.569. The van der Waals surface area contributed by atoms with E-state index < -0.39 is 5.97 Å². The molecular formula is C18H21N3O6. The standard InChI is InChI=1S/C18H21N3O6/c1-11-3-5-12(6-4-11)27-14-8-25-15-13(7-24-16(14)15)26-10-21-17(18(22)23-2)19-9-20-21/h3-6,9,13-16H,7-8,10H2,1-2H3/t13-,14+,15-,16-/m1/s1. The highest BCUT2D eigenvalue weighted by atomic mass is 16.6. The number of nitrogens with zero attached hydrogens (tertiary/aromatic N) is 3. The Labute approximate surface area is 156 Å². The number of aromatic nitrogens is 3. The SMILES string of the molecule is COC(=O)c1ncnn1CO[C@@H]1CO[C@H]2[C@@H]1OC[C@@H]2Oc1ccc(C)cc1. The van der Waals surface area contributed by atoms with E-state index in [1.807, 2.05) is 31.2 Å². The lowest BCUT2D eigenvalue weighted by molar-refractivity contribution is -0.0641. The monoisotopic (exact) mass is 375 g/mol. The van der Waals surface area contributed by atoms with Gasteiger partial charge in [-0.25, -0.2) is 14.5 Å². The van der Waals surface area contributed by atoms with Gasteiger partial charge in [0.2, 0.25) is 5.82 Å². The number of hydrogen-bond donors (Lipinski definition) is 0. The van der Waals surface area contributed by atoms with Crippen LogP contribution in [0.25, 0.3) is 0 Å². The number of esters is 1. The maximum Gasteiger partial charge on any atom is 0.375 e. The van der Waals surface area contributed by atoms with Gasteiger partial charge < -0.3 is 23.7 Å². The van der Waals surface area contributed by atoms with Gasteiger partial charge in [0, 0.05) is 0 Å². The summed E-state index contributed by atoms with van der Waals surface area (Å²) >= 11 is 0. The van der Waals surface area contributed by atoms with Crippen molar-refractivity contribution < 1.29 is 28.5 Å². The van der Waals surface area contributed by atoms with Crippen LogP contribution >= 0.6 is 0 Å². The molecule has 2 aliphatic rings. The molecule has 9 nitrogen and oxygen atoms in total. The second-order valence-corrected chi connectivity index (χ2v) is 6.47. The second kappa shape index (κ2) is 7.63. The fourth-order valence-electron chi connectivity index (χ4n) is 3.24. The zero-order valence-electron chi connectivity index (χ0n) is 15.1. The first-order valence-electron chi connectivity index (χ1n) is 8.70. The normalized spacial score (nSPS) is 26.7. The highest BCUT2D eigenvalue weighted by Gasteiger charge is 2.49. The van der Waals surface area contributed by atoms with Gasteiger partial charge in [0.25, 0.3) is 0 Å². The molecule has 2 fully saturated rings. The fourth-order valence-corrected chi connectivity index (χ4v) is 3.24. The molecule has 144 valence electrons. The van der Waals surface area contributed by atoms with E-state index in [4.69, 9.17) is 18.9 Å². The Hall–Kier alpha value is -2.49. The van der Waals surface area contributed by atoms with Gasteiger partial charge in [-0.3, -0.25) is 0 Å². The van der Waals surface area contributed by atoms with Gasteiger partial charge in [0.15, 0.2) is 6.10 Å². The minimum Gasteiger partial charge on any atom is -0.485 e. The van der Waals surface area contributed by atoms with E-state index in [1.165, 1.54) is 23.7 Å². The number of fused-ring (bicyclic) bond motifs is 1. The summed E-state index contributed by atoms with van der Waals surface area (Å²) in [4.78, 5) is 15.5. The molecule has 0 aliphatic carbocycles. The summed E-state index contributed by atoms with van der Waals surface area (Å²) < 4.78 is 29.6. The summed E-state index contributed by atoms with van der Waals surface area (Å²) in [5, 5.41) is 3.98. The van der Waals surface area contributed by atoms with Crippen molar-refractivity contribution in [3.63, 3.8) is 0 Å². The molecule has 0 spiro atoms. The molecule has 1 aromatic heterocycles. The molecule has 3 heterocycles. The zero-order chi connectivity index (χ0) is 18.8. The Morgan fingerprint density at radius 2 is 1.89 bits per heavy atom. The zero-order valence-corrected chi connectivity index (χ0v) is 15.1. The van der Waals surface area contributed by atoms with Crippen LogP contribution in [-0.2, 0) is 25.7 Å². The lowest BCUT2D eigenvalue weighted by atomic mass is 10.1. The van der Waals surface area contributed by atoms with Crippen LogP contribution in [0, 0.1) is 6.92 Å². The summed E-state index contributed by atoms with van der Waals surface area (Å²) in [7, 11) is 1.29. The molecule has 27 heavy (non-hydrogen) atoms. The molecule has 0 N–H and O–H groups in total. The third-order valence-electron chi connectivity index (χ3n) is 4.67. The molecule has 0 radical (unpaired) electrons. The highest BCUT2D eigenvalue weighted by molar-refractivity contribution is 5.85. The van der Waals surface area contributed by atoms with Crippen LogP contribution in [0.3, 0.4) is 0 Å². The van der Waals surface area contributed by atoms with Crippen molar-refractivity contribution in [3.05, 3.63) is 42.0 Å². The van der Waals surface area contributed by atoms with Crippen molar-refractivity contribution in [1.29, 1.82) is 0 Å². The van der Waals surface area contributed by atoms with Crippen molar-refractivity contribution in [2.75, 3.05) is 20.3 Å². The molecule has 4 rings (SSSR count). The van der Waals surface area contributed by atoms with Crippen LogP contribution in [0.1, 0.15) is 16.2 Å². The van der Waals surface area contributed by atoms with Crippen molar-refractivity contribution in [2.45, 2.75) is 38.1 Å². The molecule has 2 aromatic rings. The number of methoxy groups -OCH3 is 1. The van der Waals surface area contributed by atoms with Crippen LogP contribution in [0.4, 0.5) is 0 Å². The quantitative estimate of drug-likeness (QED) is 0.689. The number of carbonyl (C=O) groups excluding carboxylic acids is 1. The van der Waals surface area contributed by atoms with Crippen LogP contribution in [0.2, 0.25) is 0 Å². The summed E-state index contributed by atoms with van der Waals surface area (Å²) in [6, 6.07) is 7.87. The molecule has 4 atom stereocenters. The number of hydrogen-bond acceptors (Lipinski definition) is 8. The Morgan fingerprint density at radius 3 is 2.63 bits per heavy atom. The van der Waals surface area contributed by atoms with Gasteiger partial charge in [-0.15, -0.1) is 0 Å². The van der Waals surface area contributed by atoms with Gasteiger partial charge in [-0.1, -0.05) is 17.7 Å². The number of aryl methyl sites for hydroxylation is 1. The molecule has 9 heteroatoms. The number of rotatable bonds is 6. The Balaban J connectivity index is 1.34. The van der Waals surface area contributed by atoms with Crippen LogP contribution in [-0.4, -0.2) is 65.5 Å². The Kier molecular flexibility index (Phi) is 5.06. The first kappa shape index (κ1) is 17.9. The topological polar surface area (TPSA) is 93.9 Å². The highest BCUT2D eigenvalue weighted by Crippen LogP contribution is 2.31. The molecule has 0 bridgehead atoms. The van der Waals surface area contributed by atoms with Crippen molar-refractivity contribution in [3.8, 4) is 5.75 Å². The first-order valence-corrected chi connectivity index (χ1v) is 8.70. The van der Waals surface area contributed by atoms with Gasteiger partial charge in [-0.05, 0) is 19.1 Å². The fraction of sp³-hybridized carbons (Fsp3) is 0.500. The maximum absolute atomic E-state index is 11.6. The van der Waals surface area contributed by atoms with Crippen molar-refractivity contribution >= 4 is 5.97 Å². The van der Waals surface area contributed by atoms with E-state index in [-0.39, 0.29) is 37.0 Å². The summed E-state index contributed by atoms with van der Waals surface area (Å²) in [5.74, 6) is 0.300. The van der Waals surface area contributed by atoms with E-state index in [1.54, 1.807) is 0 Å². The molecular weight excluding hydrogens is 354 g/mol. The summed E-state index contributed by atoms with van der Waals surface area (Å²) in [5.41, 5.74) is 1.17. The Bertz CT molecular complexity index is 793. The molecule has 2 saturated heterocycles. The number of benzene rings is 1. The van der Waals surface area contributed by atoms with Gasteiger partial charge >= 0.3 is 5.97 Å². The van der Waals surface area contributed by atoms with Crippen LogP contribution in [0.5, 0.6) is 5.75 Å². The van der Waals surface area contributed by atoms with Crippen LogP contribution in [0.15, 0.2) is 30.6 Å². The maximum atomic E-state index is 11.6. The largest absolute Gasteiger partial charge is 0.485 e. The van der Waals surface area contributed by atoms with Gasteiger partial charge in [-0.2, -0.15) is 5.10 Å². The molecule has 0 amide bonds. The molecule has 0 saturated carbocycles. The molecule has 1 aromatic carbocycles. The van der Waals surface area contributed by atoms with Gasteiger partial charge in [0.05, 0.1) is 20.3 Å². The number of ether oxygens (including phenoxy) is 5. The summed E-state index contributed by atoms with van der Waals surface area (Å²) in [6.07, 6.45) is 0.374. The first-order chi connectivity index (χ1) is 13.2. The third kappa shape index (κ3) is 3.66. The van der Waals surface area contributed by atoms with E-state index in [0.717, 1.165) is 5.75 Å². The van der Waals surface area contributed by atoms with Gasteiger partial charge in [0.1, 0.15) is 37.1 Å². The lowest BCUT2D eigenvalue weighted by Gasteiger charge is -2.18. The lowest BCUT2D eigenvalue weighted by Crippen LogP contribution is -2.35. The van der Waals surface area contributed by atoms with E-state index in [0.29, 0.717) is 13.2 Å². The predicted octanol–water partition coefficient (Wildman–Crippen LogP) is 0.961. The average Bonchev–Trinajstić information content (AvgIpc) is 3.39. The minimum absolute atomic E-state index is 0.0501. The van der Waals surface area contributed by atoms with E-state index in [9.17, 15) is 4.79 Å². The molecule has 0 unspecified atom stereocenters. The molecule has 2 aliphatic heterocycles. The second-order valence-electron chi connectivity index (χ2n) is 6.47. The number of carbonyl (C=O) groups is 1.